The zero-order valence-electron chi connectivity index (χ0n) is 17.3. The molecule has 7 nitrogen and oxygen atoms in total. The summed E-state index contributed by atoms with van der Waals surface area (Å²) in [7, 11) is 0. The molecule has 0 fully saturated rings. The van der Waals surface area contributed by atoms with E-state index in [1.165, 1.54) is 12.3 Å². The summed E-state index contributed by atoms with van der Waals surface area (Å²) >= 11 is 0. The van der Waals surface area contributed by atoms with Crippen molar-refractivity contribution in [2.75, 3.05) is 5.32 Å². The number of anilines is 1. The van der Waals surface area contributed by atoms with Crippen molar-refractivity contribution in [1.29, 1.82) is 0 Å². The maximum absolute atomic E-state index is 12.5. The second-order valence-electron chi connectivity index (χ2n) is 7.30. The van der Waals surface area contributed by atoms with E-state index in [9.17, 15) is 14.4 Å². The van der Waals surface area contributed by atoms with Gasteiger partial charge in [-0.1, -0.05) is 35.9 Å². The smallest absolute Gasteiger partial charge is 0.291 e. The molecule has 0 aliphatic rings. The molecule has 0 unspecified atom stereocenters. The Morgan fingerprint density at radius 2 is 1.78 bits per heavy atom. The van der Waals surface area contributed by atoms with Gasteiger partial charge in [0.15, 0.2) is 5.76 Å². The minimum Gasteiger partial charge on any atom is -0.459 e. The number of nitrogens with one attached hydrogen (secondary N) is 3. The summed E-state index contributed by atoms with van der Waals surface area (Å²) < 4.78 is 5.08. The van der Waals surface area contributed by atoms with Gasteiger partial charge in [-0.25, -0.2) is 0 Å². The van der Waals surface area contributed by atoms with Crippen LogP contribution < -0.4 is 16.2 Å². The van der Waals surface area contributed by atoms with Gasteiger partial charge in [-0.05, 0) is 60.5 Å². The average molecular weight is 427 g/mol. The number of rotatable bonds is 6. The molecule has 0 atom stereocenters. The quantitative estimate of drug-likeness (QED) is 0.430. The van der Waals surface area contributed by atoms with Gasteiger partial charge in [-0.2, -0.15) is 0 Å². The Bertz CT molecular complexity index is 1320. The fourth-order valence-corrected chi connectivity index (χ4v) is 3.27. The number of aryl methyl sites for hydroxylation is 1. The lowest BCUT2D eigenvalue weighted by Gasteiger charge is -2.09. The van der Waals surface area contributed by atoms with Crippen LogP contribution in [0.2, 0.25) is 0 Å². The number of pyridine rings is 1. The first-order chi connectivity index (χ1) is 15.5. The maximum Gasteiger partial charge on any atom is 0.291 e. The van der Waals surface area contributed by atoms with Crippen molar-refractivity contribution in [2.24, 2.45) is 0 Å². The molecule has 2 heterocycles. The number of hydrogen-bond donors (Lipinski definition) is 3. The summed E-state index contributed by atoms with van der Waals surface area (Å²) in [6.07, 6.45) is 1.43. The van der Waals surface area contributed by atoms with Crippen LogP contribution in [-0.2, 0) is 6.54 Å². The summed E-state index contributed by atoms with van der Waals surface area (Å²) in [4.78, 5) is 39.9. The van der Waals surface area contributed by atoms with E-state index in [2.05, 4.69) is 15.6 Å². The van der Waals surface area contributed by atoms with Crippen LogP contribution in [0.1, 0.15) is 32.0 Å². The predicted molar refractivity (Wildman–Crippen MR) is 122 cm³/mol. The molecule has 0 radical (unpaired) electrons. The van der Waals surface area contributed by atoms with Crippen molar-refractivity contribution in [2.45, 2.75) is 13.5 Å². The number of carbonyl (C=O) groups is 2. The van der Waals surface area contributed by atoms with E-state index in [-0.39, 0.29) is 23.8 Å². The van der Waals surface area contributed by atoms with Gasteiger partial charge < -0.3 is 20.0 Å². The fraction of sp³-hybridized carbons (Fsp3) is 0.0800. The van der Waals surface area contributed by atoms with Crippen LogP contribution in [0, 0.1) is 6.92 Å². The summed E-state index contributed by atoms with van der Waals surface area (Å²) in [5.41, 5.74) is 3.51. The summed E-state index contributed by atoms with van der Waals surface area (Å²) in [6, 6.07) is 21.2. The van der Waals surface area contributed by atoms with Crippen LogP contribution in [0.25, 0.3) is 11.3 Å². The van der Waals surface area contributed by atoms with Gasteiger partial charge in [-0.3, -0.25) is 14.4 Å². The third-order valence-electron chi connectivity index (χ3n) is 4.87. The van der Waals surface area contributed by atoms with Crippen LogP contribution in [-0.4, -0.2) is 16.8 Å². The number of furan rings is 1. The number of H-pyrrole nitrogens is 1. The molecule has 3 N–H and O–H groups in total. The number of aromatic amines is 1. The van der Waals surface area contributed by atoms with Crippen molar-refractivity contribution in [3.8, 4) is 11.3 Å². The number of carbonyl (C=O) groups excluding carboxylic acids is 2. The van der Waals surface area contributed by atoms with E-state index in [0.29, 0.717) is 11.4 Å². The van der Waals surface area contributed by atoms with E-state index in [1.54, 1.807) is 36.4 Å². The Kier molecular flexibility index (Phi) is 5.98. The van der Waals surface area contributed by atoms with E-state index in [1.807, 2.05) is 37.3 Å². The van der Waals surface area contributed by atoms with E-state index in [0.717, 1.165) is 16.7 Å². The Morgan fingerprint density at radius 1 is 0.938 bits per heavy atom. The number of benzene rings is 2. The molecule has 160 valence electrons. The molecule has 0 aliphatic carbocycles. The van der Waals surface area contributed by atoms with Crippen molar-refractivity contribution in [3.63, 3.8) is 0 Å². The Hall–Kier alpha value is -4.39. The second-order valence-corrected chi connectivity index (χ2v) is 7.30. The van der Waals surface area contributed by atoms with Crippen molar-refractivity contribution < 1.29 is 14.0 Å². The molecular weight excluding hydrogens is 406 g/mol. The third-order valence-corrected chi connectivity index (χ3v) is 4.87. The highest BCUT2D eigenvalue weighted by molar-refractivity contribution is 6.02. The third kappa shape index (κ3) is 4.84. The Morgan fingerprint density at radius 3 is 2.53 bits per heavy atom. The molecule has 0 saturated heterocycles. The molecule has 2 amide bonds. The minimum atomic E-state index is -0.480. The molecule has 7 heteroatoms. The Balaban J connectivity index is 1.41. The highest BCUT2D eigenvalue weighted by atomic mass is 16.3. The SMILES string of the molecule is Cc1cccc(-c2ccc(C(=O)NCc3cccc(NC(=O)c4ccco4)c3)c(=O)[nH]2)c1. The van der Waals surface area contributed by atoms with Crippen LogP contribution in [0.3, 0.4) is 0 Å². The van der Waals surface area contributed by atoms with Gasteiger partial charge in [0.1, 0.15) is 5.56 Å². The highest BCUT2D eigenvalue weighted by Gasteiger charge is 2.12. The Labute approximate surface area is 184 Å². The van der Waals surface area contributed by atoms with Crippen molar-refractivity contribution in [1.82, 2.24) is 10.3 Å². The molecular formula is C25H21N3O4. The van der Waals surface area contributed by atoms with E-state index < -0.39 is 11.5 Å². The fourth-order valence-electron chi connectivity index (χ4n) is 3.27. The minimum absolute atomic E-state index is 0.0312. The molecule has 0 saturated carbocycles. The first kappa shape index (κ1) is 20.9. The molecule has 0 spiro atoms. The first-order valence-corrected chi connectivity index (χ1v) is 10.0. The maximum atomic E-state index is 12.5. The highest BCUT2D eigenvalue weighted by Crippen LogP contribution is 2.17. The molecule has 0 aliphatic heterocycles. The van der Waals surface area contributed by atoms with Crippen molar-refractivity contribution in [3.05, 3.63) is 112 Å². The lowest BCUT2D eigenvalue weighted by molar-refractivity contribution is 0.0948. The van der Waals surface area contributed by atoms with Gasteiger partial charge in [-0.15, -0.1) is 0 Å². The van der Waals surface area contributed by atoms with Crippen LogP contribution in [0.15, 0.2) is 88.3 Å². The lowest BCUT2D eigenvalue weighted by Crippen LogP contribution is -2.29. The topological polar surface area (TPSA) is 104 Å². The van der Waals surface area contributed by atoms with Gasteiger partial charge in [0.2, 0.25) is 0 Å². The number of hydrogen-bond acceptors (Lipinski definition) is 4. The summed E-state index contributed by atoms with van der Waals surface area (Å²) in [5, 5.41) is 5.48. The molecule has 4 aromatic rings. The average Bonchev–Trinajstić information content (AvgIpc) is 3.33. The number of aromatic nitrogens is 1. The summed E-state index contributed by atoms with van der Waals surface area (Å²) in [6.45, 7) is 2.17. The van der Waals surface area contributed by atoms with E-state index in [4.69, 9.17) is 4.42 Å². The lowest BCUT2D eigenvalue weighted by atomic mass is 10.1. The molecule has 4 rings (SSSR count). The monoisotopic (exact) mass is 427 g/mol. The standard InChI is InChI=1S/C25H21N3O4/c1-16-5-2-7-18(13-16)21-11-10-20(24(30)28-21)23(29)26-15-17-6-3-8-19(14-17)27-25(31)22-9-4-12-32-22/h2-14H,15H2,1H3,(H,26,29)(H,27,31)(H,28,30). The van der Waals surface area contributed by atoms with E-state index >= 15 is 0 Å². The second kappa shape index (κ2) is 9.18. The number of amides is 2. The van der Waals surface area contributed by atoms with Crippen LogP contribution >= 0.6 is 0 Å². The summed E-state index contributed by atoms with van der Waals surface area (Å²) in [5.74, 6) is -0.638. The predicted octanol–water partition coefficient (Wildman–Crippen LogP) is 4.13. The van der Waals surface area contributed by atoms with Crippen molar-refractivity contribution >= 4 is 17.5 Å². The van der Waals surface area contributed by atoms with Gasteiger partial charge in [0, 0.05) is 17.9 Å². The first-order valence-electron chi connectivity index (χ1n) is 10.0. The largest absolute Gasteiger partial charge is 0.459 e. The molecule has 0 bridgehead atoms. The van der Waals surface area contributed by atoms with Crippen LogP contribution in [0.4, 0.5) is 5.69 Å². The zero-order chi connectivity index (χ0) is 22.5. The van der Waals surface area contributed by atoms with Gasteiger partial charge >= 0.3 is 0 Å². The molecule has 2 aromatic carbocycles. The zero-order valence-corrected chi connectivity index (χ0v) is 17.3. The molecule has 2 aromatic heterocycles. The van der Waals surface area contributed by atoms with Gasteiger partial charge in [0.25, 0.3) is 17.4 Å². The molecule has 32 heavy (non-hydrogen) atoms. The van der Waals surface area contributed by atoms with Gasteiger partial charge in [0.05, 0.1) is 6.26 Å². The van der Waals surface area contributed by atoms with Crippen LogP contribution in [0.5, 0.6) is 0 Å². The normalized spacial score (nSPS) is 10.5.